The lowest BCUT2D eigenvalue weighted by atomic mass is 9.94. The van der Waals surface area contributed by atoms with Crippen molar-refractivity contribution in [2.75, 3.05) is 0 Å². The van der Waals surface area contributed by atoms with E-state index in [-0.39, 0.29) is 22.4 Å². The number of hydrazine groups is 1. The van der Waals surface area contributed by atoms with Gasteiger partial charge in [-0.15, -0.1) is 0 Å². The van der Waals surface area contributed by atoms with Crippen LogP contribution in [-0.2, 0) is 4.79 Å². The number of hydrogen-bond donors (Lipinski definition) is 2. The van der Waals surface area contributed by atoms with Crippen molar-refractivity contribution in [3.63, 3.8) is 0 Å². The van der Waals surface area contributed by atoms with Crippen LogP contribution >= 0.6 is 23.2 Å². The van der Waals surface area contributed by atoms with Gasteiger partial charge in [0.25, 0.3) is 5.91 Å². The van der Waals surface area contributed by atoms with Gasteiger partial charge in [0.2, 0.25) is 5.91 Å². The summed E-state index contributed by atoms with van der Waals surface area (Å²) in [4.78, 5) is 24.6. The molecule has 24 heavy (non-hydrogen) atoms. The van der Waals surface area contributed by atoms with Crippen LogP contribution in [0.15, 0.2) is 48.5 Å². The summed E-state index contributed by atoms with van der Waals surface area (Å²) >= 11 is 11.9. The molecule has 2 rings (SSSR count). The normalized spacial score (nSPS) is 11.6. The molecule has 4 nitrogen and oxygen atoms in total. The Morgan fingerprint density at radius 1 is 1.04 bits per heavy atom. The van der Waals surface area contributed by atoms with Gasteiger partial charge in [-0.25, -0.2) is 0 Å². The maximum atomic E-state index is 12.4. The first-order valence-electron chi connectivity index (χ1n) is 7.63. The molecule has 2 aromatic carbocycles. The van der Waals surface area contributed by atoms with Crippen molar-refractivity contribution in [2.45, 2.75) is 25.7 Å². The minimum absolute atomic E-state index is 0.205. The highest BCUT2D eigenvalue weighted by atomic mass is 35.5. The number of carbonyl (C=O) groups is 2. The average molecular weight is 365 g/mol. The number of benzene rings is 2. The topological polar surface area (TPSA) is 58.2 Å². The van der Waals surface area contributed by atoms with Gasteiger partial charge in [0.1, 0.15) is 0 Å². The average Bonchev–Trinajstić information content (AvgIpc) is 2.60. The first-order chi connectivity index (χ1) is 11.5. The molecule has 0 aliphatic rings. The fraction of sp³-hybridized carbons (Fsp3) is 0.222. The van der Waals surface area contributed by atoms with Gasteiger partial charge in [0.05, 0.1) is 16.5 Å². The molecule has 0 radical (unpaired) electrons. The van der Waals surface area contributed by atoms with E-state index in [2.05, 4.69) is 10.9 Å². The minimum atomic E-state index is -0.515. The fourth-order valence-corrected chi connectivity index (χ4v) is 2.74. The van der Waals surface area contributed by atoms with E-state index < -0.39 is 5.91 Å². The third kappa shape index (κ3) is 4.73. The van der Waals surface area contributed by atoms with Gasteiger partial charge in [-0.3, -0.25) is 20.4 Å². The molecule has 1 atom stereocenters. The molecule has 6 heteroatoms. The van der Waals surface area contributed by atoms with Crippen molar-refractivity contribution in [2.24, 2.45) is 0 Å². The van der Waals surface area contributed by atoms with Crippen LogP contribution in [0.3, 0.4) is 0 Å². The van der Waals surface area contributed by atoms with Gasteiger partial charge >= 0.3 is 0 Å². The molecule has 0 bridgehead atoms. The number of amides is 2. The lowest BCUT2D eigenvalue weighted by Crippen LogP contribution is -2.44. The van der Waals surface area contributed by atoms with Gasteiger partial charge in [0, 0.05) is 5.02 Å². The van der Waals surface area contributed by atoms with E-state index in [9.17, 15) is 9.59 Å². The smallest absolute Gasteiger partial charge is 0.271 e. The summed E-state index contributed by atoms with van der Waals surface area (Å²) < 4.78 is 0. The molecule has 2 N–H and O–H groups in total. The third-order valence-electron chi connectivity index (χ3n) is 3.57. The van der Waals surface area contributed by atoms with Gasteiger partial charge in [-0.05, 0) is 30.2 Å². The van der Waals surface area contributed by atoms with Crippen molar-refractivity contribution in [1.29, 1.82) is 0 Å². The maximum absolute atomic E-state index is 12.4. The highest BCUT2D eigenvalue weighted by Gasteiger charge is 2.20. The summed E-state index contributed by atoms with van der Waals surface area (Å²) in [5, 5.41) is 0.656. The highest BCUT2D eigenvalue weighted by Crippen LogP contribution is 2.22. The van der Waals surface area contributed by atoms with Crippen molar-refractivity contribution >= 4 is 35.0 Å². The van der Waals surface area contributed by atoms with Crippen LogP contribution in [0, 0.1) is 0 Å². The summed E-state index contributed by atoms with van der Waals surface area (Å²) in [6.45, 7) is 2.01. The second-order valence-corrected chi connectivity index (χ2v) is 6.16. The Labute approximate surface area is 151 Å². The predicted molar refractivity (Wildman–Crippen MR) is 96.2 cm³/mol. The molecule has 0 aliphatic heterocycles. The van der Waals surface area contributed by atoms with E-state index in [1.807, 2.05) is 37.3 Å². The monoisotopic (exact) mass is 364 g/mol. The zero-order chi connectivity index (χ0) is 17.5. The fourth-order valence-electron chi connectivity index (χ4n) is 2.37. The summed E-state index contributed by atoms with van der Waals surface area (Å²) in [6, 6.07) is 14.0. The molecule has 0 fully saturated rings. The van der Waals surface area contributed by atoms with Gasteiger partial charge in [0.15, 0.2) is 0 Å². The van der Waals surface area contributed by atoms with Crippen LogP contribution in [-0.4, -0.2) is 11.8 Å². The van der Waals surface area contributed by atoms with Crippen LogP contribution in [0.25, 0.3) is 0 Å². The van der Waals surface area contributed by atoms with Crippen LogP contribution in [0.4, 0.5) is 0 Å². The second kappa shape index (κ2) is 8.71. The van der Waals surface area contributed by atoms with Gasteiger partial charge < -0.3 is 0 Å². The SMILES string of the molecule is CCCC(C(=O)NNC(=O)c1cc(Cl)ccc1Cl)c1ccccc1. The first-order valence-corrected chi connectivity index (χ1v) is 8.38. The molecule has 0 saturated heterocycles. The highest BCUT2D eigenvalue weighted by molar-refractivity contribution is 6.35. The van der Waals surface area contributed by atoms with Crippen LogP contribution in [0.5, 0.6) is 0 Å². The second-order valence-electron chi connectivity index (χ2n) is 5.32. The summed E-state index contributed by atoms with van der Waals surface area (Å²) in [5.41, 5.74) is 5.98. The largest absolute Gasteiger partial charge is 0.273 e. The number of carbonyl (C=O) groups excluding carboxylic acids is 2. The van der Waals surface area contributed by atoms with E-state index in [0.717, 1.165) is 12.0 Å². The Morgan fingerprint density at radius 3 is 2.42 bits per heavy atom. The minimum Gasteiger partial charge on any atom is -0.273 e. The molecule has 0 aromatic heterocycles. The Kier molecular flexibility index (Phi) is 6.64. The van der Waals surface area contributed by atoms with Crippen molar-refractivity contribution in [3.8, 4) is 0 Å². The Morgan fingerprint density at radius 2 is 1.75 bits per heavy atom. The number of rotatable bonds is 5. The molecule has 0 spiro atoms. The number of nitrogens with one attached hydrogen (secondary N) is 2. The number of hydrogen-bond acceptors (Lipinski definition) is 2. The molecule has 2 aromatic rings. The summed E-state index contributed by atoms with van der Waals surface area (Å²) in [5.74, 6) is -1.11. The summed E-state index contributed by atoms with van der Waals surface area (Å²) in [7, 11) is 0. The molecule has 0 heterocycles. The molecule has 0 saturated carbocycles. The first kappa shape index (κ1) is 18.3. The zero-order valence-corrected chi connectivity index (χ0v) is 14.7. The van der Waals surface area contributed by atoms with E-state index in [0.29, 0.717) is 11.4 Å². The van der Waals surface area contributed by atoms with Crippen LogP contribution < -0.4 is 10.9 Å². The van der Waals surface area contributed by atoms with E-state index >= 15 is 0 Å². The summed E-state index contributed by atoms with van der Waals surface area (Å²) in [6.07, 6.45) is 1.53. The zero-order valence-electron chi connectivity index (χ0n) is 13.2. The molecule has 1 unspecified atom stereocenters. The van der Waals surface area contributed by atoms with E-state index in [1.165, 1.54) is 12.1 Å². The van der Waals surface area contributed by atoms with Crippen molar-refractivity contribution in [3.05, 3.63) is 69.7 Å². The molecule has 0 aliphatic carbocycles. The Bertz CT molecular complexity index is 720. The van der Waals surface area contributed by atoms with Crippen molar-refractivity contribution in [1.82, 2.24) is 10.9 Å². The molecular formula is C18H18Cl2N2O2. The van der Waals surface area contributed by atoms with E-state index in [1.54, 1.807) is 6.07 Å². The van der Waals surface area contributed by atoms with Crippen molar-refractivity contribution < 1.29 is 9.59 Å². The molecule has 2 amide bonds. The standard InChI is InChI=1S/C18H18Cl2N2O2/c1-2-6-14(12-7-4-3-5-8-12)17(23)21-22-18(24)15-11-13(19)9-10-16(15)20/h3-5,7-11,14H,2,6H2,1H3,(H,21,23)(H,22,24). The lowest BCUT2D eigenvalue weighted by molar-refractivity contribution is -0.123. The molecule has 126 valence electrons. The maximum Gasteiger partial charge on any atom is 0.271 e. The Hall–Kier alpha value is -2.04. The van der Waals surface area contributed by atoms with Crippen LogP contribution in [0.1, 0.15) is 41.6 Å². The molecular weight excluding hydrogens is 347 g/mol. The quantitative estimate of drug-likeness (QED) is 0.775. The third-order valence-corrected chi connectivity index (χ3v) is 4.13. The predicted octanol–water partition coefficient (Wildman–Crippen LogP) is 4.34. The Balaban J connectivity index is 2.05. The van der Waals surface area contributed by atoms with Crippen LogP contribution in [0.2, 0.25) is 10.0 Å². The lowest BCUT2D eigenvalue weighted by Gasteiger charge is -2.17. The number of halogens is 2. The van der Waals surface area contributed by atoms with E-state index in [4.69, 9.17) is 23.2 Å². The van der Waals surface area contributed by atoms with Gasteiger partial charge in [-0.2, -0.15) is 0 Å². The van der Waals surface area contributed by atoms with Gasteiger partial charge in [-0.1, -0.05) is 66.9 Å².